The van der Waals surface area contributed by atoms with Crippen LogP contribution in [0.1, 0.15) is 37.3 Å². The van der Waals surface area contributed by atoms with E-state index in [9.17, 15) is 24.6 Å². The molecule has 8 nitrogen and oxygen atoms in total. The van der Waals surface area contributed by atoms with Gasteiger partial charge in [0.05, 0.1) is 24.9 Å². The summed E-state index contributed by atoms with van der Waals surface area (Å²) in [7, 11) is 0. The smallest absolute Gasteiger partial charge is 0.264 e. The molecular weight excluding hydrogens is 554 g/mol. The molecule has 0 radical (unpaired) electrons. The number of anilines is 3. The van der Waals surface area contributed by atoms with Crippen LogP contribution in [-0.2, 0) is 26.5 Å². The molecular formula is C33H34ClN3O5. The molecule has 218 valence electrons. The van der Waals surface area contributed by atoms with Crippen LogP contribution in [0.4, 0.5) is 17.1 Å². The van der Waals surface area contributed by atoms with Gasteiger partial charge in [0.2, 0.25) is 12.3 Å². The first-order chi connectivity index (χ1) is 20.3. The molecule has 0 saturated carbocycles. The maximum Gasteiger partial charge on any atom is 0.264 e. The van der Waals surface area contributed by atoms with Crippen molar-refractivity contribution in [3.63, 3.8) is 0 Å². The Morgan fingerprint density at radius 2 is 1.88 bits per heavy atom. The number of nitrogens with zero attached hydrogens (tertiary/aromatic N) is 3. The van der Waals surface area contributed by atoms with E-state index in [2.05, 4.69) is 0 Å². The van der Waals surface area contributed by atoms with Crippen molar-refractivity contribution in [2.75, 3.05) is 23.0 Å². The number of rotatable bonds is 10. The fraction of sp³-hybridized carbons (Fsp3) is 0.303. The Morgan fingerprint density at radius 1 is 1.12 bits per heavy atom. The summed E-state index contributed by atoms with van der Waals surface area (Å²) in [5, 5.41) is 21.9. The number of carbonyl (C=O) groups is 3. The SMILES string of the molecule is C[C@@H](/C=C/CC(=O)N1CCC[C@H]1CO)[C@]1(O)C(=O)N(Cc2cccc(N(C=O)c3ccccc3)c2)c2ccc(Cl)cc21. The first kappa shape index (κ1) is 29.5. The van der Waals surface area contributed by atoms with Crippen LogP contribution in [0.2, 0.25) is 5.02 Å². The average Bonchev–Trinajstić information content (AvgIpc) is 3.56. The monoisotopic (exact) mass is 587 g/mol. The minimum Gasteiger partial charge on any atom is -0.394 e. The highest BCUT2D eigenvalue weighted by molar-refractivity contribution is 6.31. The Balaban J connectivity index is 1.38. The topological polar surface area (TPSA) is 101 Å². The van der Waals surface area contributed by atoms with E-state index in [-0.39, 0.29) is 31.5 Å². The van der Waals surface area contributed by atoms with Crippen LogP contribution in [0, 0.1) is 5.92 Å². The Bertz CT molecular complexity index is 1500. The van der Waals surface area contributed by atoms with E-state index in [1.807, 2.05) is 54.6 Å². The summed E-state index contributed by atoms with van der Waals surface area (Å²) in [6.45, 7) is 2.46. The van der Waals surface area contributed by atoms with Crippen LogP contribution >= 0.6 is 11.6 Å². The zero-order valence-corrected chi connectivity index (χ0v) is 24.2. The number of para-hydroxylation sites is 1. The molecule has 2 aliphatic rings. The third-order valence-corrected chi connectivity index (χ3v) is 8.42. The molecule has 0 unspecified atom stereocenters. The van der Waals surface area contributed by atoms with Gasteiger partial charge in [-0.25, -0.2) is 0 Å². The third kappa shape index (κ3) is 5.57. The molecule has 1 fully saturated rings. The lowest BCUT2D eigenvalue weighted by Crippen LogP contribution is -2.44. The summed E-state index contributed by atoms with van der Waals surface area (Å²) in [5.41, 5.74) is 1.19. The van der Waals surface area contributed by atoms with Crippen molar-refractivity contribution in [2.45, 2.75) is 44.4 Å². The molecule has 0 spiro atoms. The summed E-state index contributed by atoms with van der Waals surface area (Å²) in [5.74, 6) is -1.25. The second-order valence-corrected chi connectivity index (χ2v) is 11.2. The molecule has 3 aromatic rings. The van der Waals surface area contributed by atoms with Crippen LogP contribution in [0.3, 0.4) is 0 Å². The van der Waals surface area contributed by atoms with Crippen LogP contribution in [0.25, 0.3) is 0 Å². The van der Waals surface area contributed by atoms with Crippen molar-refractivity contribution in [1.29, 1.82) is 0 Å². The molecule has 42 heavy (non-hydrogen) atoms. The summed E-state index contributed by atoms with van der Waals surface area (Å²) >= 11 is 6.32. The lowest BCUT2D eigenvalue weighted by atomic mass is 9.83. The van der Waals surface area contributed by atoms with E-state index in [0.29, 0.717) is 34.2 Å². The van der Waals surface area contributed by atoms with Crippen molar-refractivity contribution in [3.8, 4) is 0 Å². The first-order valence-corrected chi connectivity index (χ1v) is 14.5. The summed E-state index contributed by atoms with van der Waals surface area (Å²) in [6, 6.07) is 21.5. The predicted octanol–water partition coefficient (Wildman–Crippen LogP) is 4.93. The minimum absolute atomic E-state index is 0.0597. The van der Waals surface area contributed by atoms with Gasteiger partial charge in [-0.15, -0.1) is 0 Å². The van der Waals surface area contributed by atoms with Gasteiger partial charge in [-0.05, 0) is 60.9 Å². The second kappa shape index (κ2) is 12.5. The summed E-state index contributed by atoms with van der Waals surface area (Å²) < 4.78 is 0. The largest absolute Gasteiger partial charge is 0.394 e. The third-order valence-electron chi connectivity index (χ3n) is 8.18. The van der Waals surface area contributed by atoms with Gasteiger partial charge >= 0.3 is 0 Å². The number of fused-ring (bicyclic) bond motifs is 1. The molecule has 0 aliphatic carbocycles. The van der Waals surface area contributed by atoms with Gasteiger partial charge in [0.15, 0.2) is 5.60 Å². The van der Waals surface area contributed by atoms with Gasteiger partial charge in [-0.3, -0.25) is 19.3 Å². The molecule has 2 heterocycles. The fourth-order valence-electron chi connectivity index (χ4n) is 5.91. The number of aliphatic hydroxyl groups is 2. The highest BCUT2D eigenvalue weighted by atomic mass is 35.5. The Morgan fingerprint density at radius 3 is 2.62 bits per heavy atom. The van der Waals surface area contributed by atoms with Gasteiger partial charge < -0.3 is 20.0 Å². The van der Waals surface area contributed by atoms with E-state index < -0.39 is 17.4 Å². The molecule has 0 aromatic heterocycles. The highest BCUT2D eigenvalue weighted by Crippen LogP contribution is 2.47. The van der Waals surface area contributed by atoms with E-state index in [0.717, 1.165) is 24.8 Å². The van der Waals surface area contributed by atoms with Crippen molar-refractivity contribution in [2.24, 2.45) is 5.92 Å². The van der Waals surface area contributed by atoms with Gasteiger partial charge in [0.1, 0.15) is 0 Å². The van der Waals surface area contributed by atoms with Crippen LogP contribution in [0.5, 0.6) is 0 Å². The number of likely N-dealkylation sites (tertiary alicyclic amines) is 1. The Kier molecular flexibility index (Phi) is 8.77. The standard InChI is InChI=1S/C33H34ClN3O5/c1-23(8-5-14-31(40)35-17-7-13-28(35)21-38)33(42)29-19-25(34)15-16-30(29)36(32(33)41)20-24-9-6-12-27(18-24)37(22-39)26-10-3-2-4-11-26/h2-6,8-12,15-16,18-19,22-23,28,38,42H,7,13-14,17,20-21H2,1H3/b8-5+/t23-,28-,33+/m0/s1. The van der Waals surface area contributed by atoms with E-state index in [4.69, 9.17) is 11.6 Å². The number of hydrogen-bond acceptors (Lipinski definition) is 5. The second-order valence-electron chi connectivity index (χ2n) is 10.8. The molecule has 3 aromatic carbocycles. The molecule has 3 atom stereocenters. The maximum absolute atomic E-state index is 14.0. The van der Waals surface area contributed by atoms with E-state index in [1.165, 1.54) is 9.80 Å². The minimum atomic E-state index is -1.89. The maximum atomic E-state index is 14.0. The summed E-state index contributed by atoms with van der Waals surface area (Å²) in [4.78, 5) is 43.4. The number of benzene rings is 3. The number of carbonyl (C=O) groups excluding carboxylic acids is 3. The highest BCUT2D eigenvalue weighted by Gasteiger charge is 2.52. The molecule has 0 bridgehead atoms. The zero-order valence-electron chi connectivity index (χ0n) is 23.4. The first-order valence-electron chi connectivity index (χ1n) is 14.1. The molecule has 2 aliphatic heterocycles. The van der Waals surface area contributed by atoms with Crippen molar-refractivity contribution >= 4 is 46.9 Å². The number of hydrogen-bond donors (Lipinski definition) is 2. The number of amides is 3. The van der Waals surface area contributed by atoms with Crippen LogP contribution < -0.4 is 9.80 Å². The van der Waals surface area contributed by atoms with E-state index in [1.54, 1.807) is 42.2 Å². The van der Waals surface area contributed by atoms with Gasteiger partial charge in [0, 0.05) is 40.8 Å². The molecule has 2 N–H and O–H groups in total. The molecule has 5 rings (SSSR count). The van der Waals surface area contributed by atoms with Gasteiger partial charge in [-0.2, -0.15) is 0 Å². The summed E-state index contributed by atoms with van der Waals surface area (Å²) in [6.07, 6.45) is 5.87. The Hall–Kier alpha value is -3.98. The lowest BCUT2D eigenvalue weighted by molar-refractivity contribution is -0.139. The van der Waals surface area contributed by atoms with Crippen molar-refractivity contribution < 1.29 is 24.6 Å². The number of aliphatic hydroxyl groups excluding tert-OH is 1. The normalized spacial score (nSPS) is 20.7. The van der Waals surface area contributed by atoms with Crippen LogP contribution in [-0.4, -0.2) is 52.5 Å². The number of halogens is 1. The van der Waals surface area contributed by atoms with Crippen molar-refractivity contribution in [1.82, 2.24) is 4.90 Å². The van der Waals surface area contributed by atoms with Crippen LogP contribution in [0.15, 0.2) is 84.9 Å². The molecule has 1 saturated heterocycles. The average molecular weight is 588 g/mol. The molecule has 3 amide bonds. The zero-order chi connectivity index (χ0) is 29.9. The van der Waals surface area contributed by atoms with E-state index >= 15 is 0 Å². The quantitative estimate of drug-likeness (QED) is 0.259. The van der Waals surface area contributed by atoms with Crippen molar-refractivity contribution in [3.05, 3.63) is 101 Å². The predicted molar refractivity (Wildman–Crippen MR) is 162 cm³/mol. The lowest BCUT2D eigenvalue weighted by Gasteiger charge is -2.28. The molecule has 9 heteroatoms. The van der Waals surface area contributed by atoms with Gasteiger partial charge in [0.25, 0.3) is 5.91 Å². The fourth-order valence-corrected chi connectivity index (χ4v) is 6.08. The van der Waals surface area contributed by atoms with Gasteiger partial charge in [-0.1, -0.05) is 61.0 Å². The Labute approximate surface area is 250 Å².